The summed E-state index contributed by atoms with van der Waals surface area (Å²) >= 11 is 11.1. The Morgan fingerprint density at radius 1 is 1.50 bits per heavy atom. The van der Waals surface area contributed by atoms with Crippen molar-refractivity contribution in [2.75, 3.05) is 5.88 Å². The molecule has 0 saturated heterocycles. The van der Waals surface area contributed by atoms with Crippen LogP contribution in [0.4, 0.5) is 0 Å². The molecule has 14 heavy (non-hydrogen) atoms. The summed E-state index contributed by atoms with van der Waals surface area (Å²) in [4.78, 5) is 1.34. The van der Waals surface area contributed by atoms with Crippen molar-refractivity contribution >= 4 is 38.9 Å². The third-order valence-corrected chi connectivity index (χ3v) is 4.09. The first-order valence-electron chi connectivity index (χ1n) is 4.67. The van der Waals surface area contributed by atoms with Crippen LogP contribution in [0.5, 0.6) is 0 Å². The molecule has 1 unspecified atom stereocenters. The van der Waals surface area contributed by atoms with Crippen LogP contribution in [-0.2, 0) is 6.54 Å². The zero-order valence-corrected chi connectivity index (χ0v) is 11.5. The second kappa shape index (κ2) is 6.11. The zero-order valence-electron chi connectivity index (χ0n) is 8.39. The molecule has 0 fully saturated rings. The molecule has 0 bridgehead atoms. The van der Waals surface area contributed by atoms with Crippen LogP contribution in [0.25, 0.3) is 0 Å². The summed E-state index contributed by atoms with van der Waals surface area (Å²) in [7, 11) is 0. The number of alkyl halides is 1. The molecule has 0 aliphatic heterocycles. The molecule has 0 saturated carbocycles. The molecule has 0 amide bonds. The molecule has 0 aliphatic rings. The third-order valence-electron chi connectivity index (χ3n) is 2.14. The molecule has 1 atom stereocenters. The van der Waals surface area contributed by atoms with E-state index in [0.29, 0.717) is 17.8 Å². The lowest BCUT2D eigenvalue weighted by Gasteiger charge is -2.19. The van der Waals surface area contributed by atoms with Crippen LogP contribution in [0.15, 0.2) is 15.9 Å². The van der Waals surface area contributed by atoms with Crippen LogP contribution in [0, 0.1) is 5.92 Å². The van der Waals surface area contributed by atoms with Crippen molar-refractivity contribution in [3.05, 3.63) is 20.8 Å². The van der Waals surface area contributed by atoms with Gasteiger partial charge in [0.15, 0.2) is 0 Å². The summed E-state index contributed by atoms with van der Waals surface area (Å²) in [5.41, 5.74) is 0. The summed E-state index contributed by atoms with van der Waals surface area (Å²) in [5.74, 6) is 1.25. The monoisotopic (exact) mass is 295 g/mol. The highest BCUT2D eigenvalue weighted by Crippen LogP contribution is 2.22. The summed E-state index contributed by atoms with van der Waals surface area (Å²) in [5, 5.41) is 3.46. The zero-order chi connectivity index (χ0) is 10.6. The predicted octanol–water partition coefficient (Wildman–Crippen LogP) is 3.86. The van der Waals surface area contributed by atoms with Gasteiger partial charge in [-0.05, 0) is 34.0 Å². The fourth-order valence-electron chi connectivity index (χ4n) is 1.15. The lowest BCUT2D eigenvalue weighted by molar-refractivity contribution is 0.432. The molecule has 1 aromatic rings. The van der Waals surface area contributed by atoms with E-state index >= 15 is 0 Å². The Balaban J connectivity index is 2.39. The van der Waals surface area contributed by atoms with E-state index in [1.54, 1.807) is 11.3 Å². The Morgan fingerprint density at radius 2 is 2.21 bits per heavy atom. The van der Waals surface area contributed by atoms with E-state index in [1.807, 2.05) is 0 Å². The van der Waals surface area contributed by atoms with Crippen molar-refractivity contribution in [3.8, 4) is 0 Å². The van der Waals surface area contributed by atoms with Gasteiger partial charge in [-0.25, -0.2) is 0 Å². The second-order valence-corrected chi connectivity index (χ2v) is 6.45. The Labute approximate surface area is 103 Å². The highest BCUT2D eigenvalue weighted by atomic mass is 79.9. The summed E-state index contributed by atoms with van der Waals surface area (Å²) in [6.07, 6.45) is 0. The number of rotatable bonds is 5. The van der Waals surface area contributed by atoms with Gasteiger partial charge in [0.25, 0.3) is 0 Å². The molecule has 1 N–H and O–H groups in total. The first-order valence-corrected chi connectivity index (χ1v) is 6.81. The van der Waals surface area contributed by atoms with E-state index in [1.165, 1.54) is 8.66 Å². The maximum absolute atomic E-state index is 5.87. The molecule has 0 radical (unpaired) electrons. The summed E-state index contributed by atoms with van der Waals surface area (Å²) < 4.78 is 1.18. The first kappa shape index (κ1) is 12.5. The maximum atomic E-state index is 5.87. The lowest BCUT2D eigenvalue weighted by atomic mass is 10.1. The van der Waals surface area contributed by atoms with Gasteiger partial charge in [0.2, 0.25) is 0 Å². The van der Waals surface area contributed by atoms with Crippen molar-refractivity contribution in [2.45, 2.75) is 26.4 Å². The van der Waals surface area contributed by atoms with Crippen LogP contribution in [0.1, 0.15) is 18.7 Å². The minimum Gasteiger partial charge on any atom is -0.308 e. The van der Waals surface area contributed by atoms with Gasteiger partial charge in [0, 0.05) is 23.3 Å². The van der Waals surface area contributed by atoms with Gasteiger partial charge in [-0.3, -0.25) is 0 Å². The molecule has 1 rings (SSSR count). The van der Waals surface area contributed by atoms with E-state index in [2.05, 4.69) is 47.2 Å². The summed E-state index contributed by atoms with van der Waals surface area (Å²) in [6, 6.07) is 4.61. The molecule has 0 aromatic carbocycles. The minimum absolute atomic E-state index is 0.401. The number of thiophene rings is 1. The van der Waals surface area contributed by atoms with Gasteiger partial charge in [-0.15, -0.1) is 22.9 Å². The highest BCUT2D eigenvalue weighted by molar-refractivity contribution is 9.11. The van der Waals surface area contributed by atoms with Crippen LogP contribution in [0.2, 0.25) is 0 Å². The molecule has 4 heteroatoms. The second-order valence-electron chi connectivity index (χ2n) is 3.59. The molecule has 1 heterocycles. The van der Waals surface area contributed by atoms with Crippen LogP contribution in [0.3, 0.4) is 0 Å². The van der Waals surface area contributed by atoms with Crippen molar-refractivity contribution in [1.29, 1.82) is 0 Å². The van der Waals surface area contributed by atoms with Gasteiger partial charge < -0.3 is 5.32 Å². The standard InChI is InChI=1S/C10H15BrClNS/c1-7(2)9(5-12)13-6-8-3-4-10(11)14-8/h3-4,7,9,13H,5-6H2,1-2H3. The SMILES string of the molecule is CC(C)C(CCl)NCc1ccc(Br)s1. The van der Waals surface area contributed by atoms with Gasteiger partial charge in [0.05, 0.1) is 3.79 Å². The smallest absolute Gasteiger partial charge is 0.0701 e. The minimum atomic E-state index is 0.401. The van der Waals surface area contributed by atoms with Crippen LogP contribution < -0.4 is 5.32 Å². The van der Waals surface area contributed by atoms with E-state index in [-0.39, 0.29) is 0 Å². The number of nitrogens with one attached hydrogen (secondary N) is 1. The van der Waals surface area contributed by atoms with Gasteiger partial charge in [0.1, 0.15) is 0 Å². The van der Waals surface area contributed by atoms with Crippen LogP contribution in [-0.4, -0.2) is 11.9 Å². The fraction of sp³-hybridized carbons (Fsp3) is 0.600. The Bertz CT molecular complexity index is 275. The summed E-state index contributed by atoms with van der Waals surface area (Å²) in [6.45, 7) is 5.28. The maximum Gasteiger partial charge on any atom is 0.0701 e. The van der Waals surface area contributed by atoms with Crippen molar-refractivity contribution in [3.63, 3.8) is 0 Å². The van der Waals surface area contributed by atoms with Crippen molar-refractivity contribution in [2.24, 2.45) is 5.92 Å². The number of halogens is 2. The predicted molar refractivity (Wildman–Crippen MR) is 68.2 cm³/mol. The van der Waals surface area contributed by atoms with Gasteiger partial charge in [-0.1, -0.05) is 13.8 Å². The average Bonchev–Trinajstić information content (AvgIpc) is 2.52. The fourth-order valence-corrected chi connectivity index (χ4v) is 3.05. The molecule has 0 spiro atoms. The van der Waals surface area contributed by atoms with Crippen molar-refractivity contribution < 1.29 is 0 Å². The largest absolute Gasteiger partial charge is 0.308 e. The highest BCUT2D eigenvalue weighted by Gasteiger charge is 2.11. The quantitative estimate of drug-likeness (QED) is 0.814. The third kappa shape index (κ3) is 3.89. The van der Waals surface area contributed by atoms with Crippen LogP contribution >= 0.6 is 38.9 Å². The molecule has 0 aliphatic carbocycles. The average molecular weight is 297 g/mol. The van der Waals surface area contributed by atoms with E-state index < -0.39 is 0 Å². The lowest BCUT2D eigenvalue weighted by Crippen LogP contribution is -2.34. The topological polar surface area (TPSA) is 12.0 Å². The van der Waals surface area contributed by atoms with Gasteiger partial charge in [-0.2, -0.15) is 0 Å². The van der Waals surface area contributed by atoms with E-state index in [9.17, 15) is 0 Å². The van der Waals surface area contributed by atoms with Crippen molar-refractivity contribution in [1.82, 2.24) is 5.32 Å². The molecule has 1 aromatic heterocycles. The molecular formula is C10H15BrClNS. The first-order chi connectivity index (χ1) is 6.63. The number of hydrogen-bond acceptors (Lipinski definition) is 2. The van der Waals surface area contributed by atoms with E-state index in [0.717, 1.165) is 6.54 Å². The van der Waals surface area contributed by atoms with E-state index in [4.69, 9.17) is 11.6 Å². The molecule has 1 nitrogen and oxygen atoms in total. The normalized spacial score (nSPS) is 13.5. The number of hydrogen-bond donors (Lipinski definition) is 1. The van der Waals surface area contributed by atoms with Gasteiger partial charge >= 0.3 is 0 Å². The molecule has 80 valence electrons. The Hall–Kier alpha value is 0.430. The Morgan fingerprint density at radius 3 is 2.64 bits per heavy atom. The molecular weight excluding hydrogens is 282 g/mol. The Kier molecular flexibility index (Phi) is 5.45.